The zero-order valence-electron chi connectivity index (χ0n) is 10.7. The summed E-state index contributed by atoms with van der Waals surface area (Å²) in [6.45, 7) is 6.51. The topological polar surface area (TPSA) is 46.2 Å². The average Bonchev–Trinajstić information content (AvgIpc) is 2.16. The van der Waals surface area contributed by atoms with E-state index in [1.165, 1.54) is 25.7 Å². The number of hydrogen-bond acceptors (Lipinski definition) is 2. The zero-order valence-corrected chi connectivity index (χ0v) is 10.7. The van der Waals surface area contributed by atoms with E-state index in [2.05, 4.69) is 20.8 Å². The van der Waals surface area contributed by atoms with Gasteiger partial charge in [0.1, 0.15) is 0 Å². The molecule has 0 aromatic rings. The van der Waals surface area contributed by atoms with Crippen molar-refractivity contribution in [2.45, 2.75) is 77.9 Å². The van der Waals surface area contributed by atoms with Crippen molar-refractivity contribution in [3.05, 3.63) is 0 Å². The predicted molar refractivity (Wildman–Crippen MR) is 66.8 cm³/mol. The minimum absolute atomic E-state index is 0.0313. The van der Waals surface area contributed by atoms with E-state index < -0.39 is 0 Å². The van der Waals surface area contributed by atoms with Gasteiger partial charge in [-0.1, -0.05) is 52.9 Å². The molecular weight excluding hydrogens is 186 g/mol. The SMILES string of the molecule is CCCCCCCC(O)C(N)CC(C)C. The van der Waals surface area contributed by atoms with E-state index in [4.69, 9.17) is 5.73 Å². The van der Waals surface area contributed by atoms with Crippen LogP contribution in [0.5, 0.6) is 0 Å². The lowest BCUT2D eigenvalue weighted by Gasteiger charge is -2.20. The molecule has 0 spiro atoms. The summed E-state index contributed by atoms with van der Waals surface area (Å²) >= 11 is 0. The van der Waals surface area contributed by atoms with Crippen LogP contribution in [0.25, 0.3) is 0 Å². The van der Waals surface area contributed by atoms with Gasteiger partial charge in [0.2, 0.25) is 0 Å². The molecule has 3 N–H and O–H groups in total. The molecule has 0 aromatic heterocycles. The Morgan fingerprint density at radius 1 is 1.07 bits per heavy atom. The van der Waals surface area contributed by atoms with Crippen LogP contribution < -0.4 is 5.73 Å². The summed E-state index contributed by atoms with van der Waals surface area (Å²) in [5.74, 6) is 0.578. The smallest absolute Gasteiger partial charge is 0.0691 e. The molecule has 0 fully saturated rings. The fourth-order valence-corrected chi connectivity index (χ4v) is 1.87. The van der Waals surface area contributed by atoms with E-state index in [0.717, 1.165) is 19.3 Å². The van der Waals surface area contributed by atoms with Crippen molar-refractivity contribution in [3.8, 4) is 0 Å². The number of aliphatic hydroxyl groups is 1. The third-order valence-electron chi connectivity index (χ3n) is 2.84. The fourth-order valence-electron chi connectivity index (χ4n) is 1.87. The summed E-state index contributed by atoms with van der Waals surface area (Å²) in [4.78, 5) is 0. The van der Waals surface area contributed by atoms with Crippen LogP contribution in [0, 0.1) is 5.92 Å². The molecule has 2 unspecified atom stereocenters. The molecule has 0 amide bonds. The van der Waals surface area contributed by atoms with Gasteiger partial charge in [-0.15, -0.1) is 0 Å². The van der Waals surface area contributed by atoms with Crippen LogP contribution in [0.1, 0.15) is 65.7 Å². The highest BCUT2D eigenvalue weighted by Gasteiger charge is 2.15. The normalized spacial score (nSPS) is 15.6. The minimum atomic E-state index is -0.297. The van der Waals surface area contributed by atoms with Crippen LogP contribution in [0.15, 0.2) is 0 Å². The summed E-state index contributed by atoms with van der Waals surface area (Å²) < 4.78 is 0. The maximum Gasteiger partial charge on any atom is 0.0691 e. The Morgan fingerprint density at radius 3 is 2.20 bits per heavy atom. The van der Waals surface area contributed by atoms with Crippen molar-refractivity contribution < 1.29 is 5.11 Å². The Hall–Kier alpha value is -0.0800. The van der Waals surface area contributed by atoms with Crippen molar-refractivity contribution in [1.82, 2.24) is 0 Å². The maximum absolute atomic E-state index is 9.80. The highest BCUT2D eigenvalue weighted by atomic mass is 16.3. The summed E-state index contributed by atoms with van der Waals surface area (Å²) in [5.41, 5.74) is 5.91. The van der Waals surface area contributed by atoms with Crippen molar-refractivity contribution in [1.29, 1.82) is 0 Å². The molecule has 0 saturated carbocycles. The molecule has 0 aliphatic rings. The highest BCUT2D eigenvalue weighted by molar-refractivity contribution is 4.72. The fraction of sp³-hybridized carbons (Fsp3) is 1.00. The minimum Gasteiger partial charge on any atom is -0.392 e. The Morgan fingerprint density at radius 2 is 1.67 bits per heavy atom. The Balaban J connectivity index is 3.42. The first-order chi connectivity index (χ1) is 7.07. The molecule has 0 radical (unpaired) electrons. The lowest BCUT2D eigenvalue weighted by molar-refractivity contribution is 0.122. The van der Waals surface area contributed by atoms with Gasteiger partial charge in [0.05, 0.1) is 6.10 Å². The molecule has 0 heterocycles. The van der Waals surface area contributed by atoms with E-state index in [1.807, 2.05) is 0 Å². The van der Waals surface area contributed by atoms with Gasteiger partial charge in [0.25, 0.3) is 0 Å². The van der Waals surface area contributed by atoms with Crippen LogP contribution in [-0.4, -0.2) is 17.3 Å². The first kappa shape index (κ1) is 14.9. The molecule has 2 heteroatoms. The van der Waals surface area contributed by atoms with Crippen molar-refractivity contribution >= 4 is 0 Å². The zero-order chi connectivity index (χ0) is 11.7. The molecule has 0 saturated heterocycles. The summed E-state index contributed by atoms with van der Waals surface area (Å²) in [6, 6.07) is -0.0313. The second-order valence-corrected chi connectivity index (χ2v) is 5.06. The van der Waals surface area contributed by atoms with Gasteiger partial charge in [-0.3, -0.25) is 0 Å². The maximum atomic E-state index is 9.80. The molecule has 0 aromatic carbocycles. The molecule has 0 aliphatic heterocycles. The van der Waals surface area contributed by atoms with E-state index in [-0.39, 0.29) is 12.1 Å². The van der Waals surface area contributed by atoms with Gasteiger partial charge in [-0.25, -0.2) is 0 Å². The number of nitrogens with two attached hydrogens (primary N) is 1. The number of unbranched alkanes of at least 4 members (excludes halogenated alkanes) is 4. The molecular formula is C13H29NO. The summed E-state index contributed by atoms with van der Waals surface area (Å²) in [7, 11) is 0. The van der Waals surface area contributed by atoms with Crippen molar-refractivity contribution in [2.75, 3.05) is 0 Å². The second kappa shape index (κ2) is 9.17. The lowest BCUT2D eigenvalue weighted by Crippen LogP contribution is -2.35. The number of aliphatic hydroxyl groups excluding tert-OH is 1. The van der Waals surface area contributed by atoms with Gasteiger partial charge >= 0.3 is 0 Å². The molecule has 92 valence electrons. The van der Waals surface area contributed by atoms with Gasteiger partial charge in [0.15, 0.2) is 0 Å². The first-order valence-corrected chi connectivity index (χ1v) is 6.51. The van der Waals surface area contributed by atoms with Gasteiger partial charge in [-0.2, -0.15) is 0 Å². The molecule has 2 nitrogen and oxygen atoms in total. The van der Waals surface area contributed by atoms with Crippen molar-refractivity contribution in [3.63, 3.8) is 0 Å². The summed E-state index contributed by atoms with van der Waals surface area (Å²) in [5, 5.41) is 9.80. The average molecular weight is 215 g/mol. The quantitative estimate of drug-likeness (QED) is 0.581. The van der Waals surface area contributed by atoms with Crippen LogP contribution in [0.4, 0.5) is 0 Å². The number of rotatable bonds is 9. The van der Waals surface area contributed by atoms with Crippen LogP contribution in [-0.2, 0) is 0 Å². The van der Waals surface area contributed by atoms with E-state index in [1.54, 1.807) is 0 Å². The lowest BCUT2D eigenvalue weighted by atomic mass is 9.96. The monoisotopic (exact) mass is 215 g/mol. The first-order valence-electron chi connectivity index (χ1n) is 6.51. The van der Waals surface area contributed by atoms with E-state index in [9.17, 15) is 5.11 Å². The van der Waals surface area contributed by atoms with Gasteiger partial charge in [-0.05, 0) is 18.8 Å². The van der Waals surface area contributed by atoms with E-state index in [0.29, 0.717) is 5.92 Å². The largest absolute Gasteiger partial charge is 0.392 e. The van der Waals surface area contributed by atoms with Crippen LogP contribution in [0.2, 0.25) is 0 Å². The third-order valence-corrected chi connectivity index (χ3v) is 2.84. The predicted octanol–water partition coefficient (Wildman–Crippen LogP) is 3.08. The standard InChI is InChI=1S/C13H29NO/c1-4-5-6-7-8-9-13(15)12(14)10-11(2)3/h11-13,15H,4-10,14H2,1-3H3. The Bertz CT molecular complexity index is 136. The summed E-state index contributed by atoms with van der Waals surface area (Å²) in [6.07, 6.45) is 7.74. The second-order valence-electron chi connectivity index (χ2n) is 5.06. The van der Waals surface area contributed by atoms with Gasteiger partial charge in [0, 0.05) is 6.04 Å². The Labute approximate surface area is 95.3 Å². The van der Waals surface area contributed by atoms with Gasteiger partial charge < -0.3 is 10.8 Å². The molecule has 2 atom stereocenters. The van der Waals surface area contributed by atoms with Crippen molar-refractivity contribution in [2.24, 2.45) is 11.7 Å². The number of hydrogen-bond donors (Lipinski definition) is 2. The van der Waals surface area contributed by atoms with Crippen LogP contribution >= 0.6 is 0 Å². The third kappa shape index (κ3) is 8.88. The molecule has 0 bridgehead atoms. The van der Waals surface area contributed by atoms with E-state index >= 15 is 0 Å². The highest BCUT2D eigenvalue weighted by Crippen LogP contribution is 2.12. The molecule has 15 heavy (non-hydrogen) atoms. The molecule has 0 rings (SSSR count). The molecule has 0 aliphatic carbocycles. The Kier molecular flexibility index (Phi) is 9.12. The van der Waals surface area contributed by atoms with Crippen LogP contribution in [0.3, 0.4) is 0 Å².